The zero-order chi connectivity index (χ0) is 44.5. The second-order valence-corrected chi connectivity index (χ2v) is 25.5. The highest BCUT2D eigenvalue weighted by molar-refractivity contribution is 8.42. The Labute approximate surface area is 418 Å². The van der Waals surface area contributed by atoms with Crippen LogP contribution in [0.15, 0.2) is 87.4 Å². The molecule has 0 N–H and O–H groups in total. The van der Waals surface area contributed by atoms with Crippen LogP contribution >= 0.6 is 70.6 Å². The van der Waals surface area contributed by atoms with Gasteiger partial charge < -0.3 is 0 Å². The minimum atomic E-state index is 1.00. The number of thioether (sulfide) groups is 6. The Morgan fingerprint density at radius 1 is 0.328 bits per heavy atom. The fourth-order valence-corrected chi connectivity index (χ4v) is 17.6. The fraction of sp³-hybridized carbons (Fsp3) is 0.643. The lowest BCUT2D eigenvalue weighted by molar-refractivity contribution is 0.532. The molecule has 2 aromatic carbocycles. The number of hydrogen-bond donors (Lipinski definition) is 0. The smallest absolute Gasteiger partial charge is 0.108 e. The van der Waals surface area contributed by atoms with Crippen molar-refractivity contribution in [3.8, 4) is 22.5 Å². The topological polar surface area (TPSA) is 25.8 Å². The van der Waals surface area contributed by atoms with Gasteiger partial charge in [0.2, 0.25) is 0 Å². The normalized spacial score (nSPS) is 13.8. The maximum atomic E-state index is 4.87. The molecule has 0 radical (unpaired) electrons. The van der Waals surface area contributed by atoms with Crippen LogP contribution in [0.25, 0.3) is 22.5 Å². The second kappa shape index (κ2) is 35.2. The monoisotopic (exact) mass is 976 g/mol. The summed E-state index contributed by atoms with van der Waals surface area (Å²) in [6, 6.07) is 21.3. The van der Waals surface area contributed by atoms with E-state index in [9.17, 15) is 0 Å². The Kier molecular flexibility index (Phi) is 29.8. The third-order valence-corrected chi connectivity index (χ3v) is 21.4. The van der Waals surface area contributed by atoms with E-state index in [1.807, 2.05) is 47.0 Å². The van der Waals surface area contributed by atoms with Gasteiger partial charge in [-0.3, -0.25) is 0 Å². The standard InChI is InChI=1S/C56H84N2S6/c1-3-5-7-9-11-13-15-17-19-21-23-25-27-29-31-39-45-59-53-54(60-46-40-32-30-28-26-24-22-20-18-16-14-12-10-8-6-4-2)64-56(63-53)55-61-51-49(47-41-35-33-36-42-47)57-58-50(52(51)62-55)48-43-37-34-38-44-48/h33-38,41-44H,3-32,39-40,45-46H2,1-2H3. The Morgan fingerprint density at radius 3 is 0.891 bits per heavy atom. The molecule has 0 spiro atoms. The predicted octanol–water partition coefficient (Wildman–Crippen LogP) is 21.7. The third-order valence-electron chi connectivity index (χ3n) is 12.5. The van der Waals surface area contributed by atoms with Crippen LogP contribution in [0.2, 0.25) is 0 Å². The van der Waals surface area contributed by atoms with E-state index < -0.39 is 0 Å². The van der Waals surface area contributed by atoms with Crippen molar-refractivity contribution < 1.29 is 0 Å². The van der Waals surface area contributed by atoms with E-state index in [1.165, 1.54) is 235 Å². The number of nitrogens with zero attached hydrogens (tertiary/aromatic N) is 2. The van der Waals surface area contributed by atoms with Gasteiger partial charge >= 0.3 is 0 Å². The Hall–Kier alpha value is -0.900. The first-order valence-corrected chi connectivity index (χ1v) is 31.5. The maximum Gasteiger partial charge on any atom is 0.108 e. The van der Waals surface area contributed by atoms with Crippen molar-refractivity contribution in [2.75, 3.05) is 11.5 Å². The first-order valence-electron chi connectivity index (χ1n) is 26.3. The molecule has 8 heteroatoms. The van der Waals surface area contributed by atoms with Crippen LogP contribution < -0.4 is 0 Å². The summed E-state index contributed by atoms with van der Waals surface area (Å²) in [5.74, 6) is 2.47. The van der Waals surface area contributed by atoms with Crippen molar-refractivity contribution in [3.63, 3.8) is 0 Å². The van der Waals surface area contributed by atoms with Crippen LogP contribution in [0, 0.1) is 0 Å². The Balaban J connectivity index is 1.05. The highest BCUT2D eigenvalue weighted by Crippen LogP contribution is 2.65. The zero-order valence-electron chi connectivity index (χ0n) is 40.2. The summed E-state index contributed by atoms with van der Waals surface area (Å²) in [6.45, 7) is 4.62. The minimum absolute atomic E-state index is 1.00. The Morgan fingerprint density at radius 2 is 0.594 bits per heavy atom. The second-order valence-electron chi connectivity index (χ2n) is 18.1. The summed E-state index contributed by atoms with van der Waals surface area (Å²) < 4.78 is 5.95. The lowest BCUT2D eigenvalue weighted by atomic mass is 10.0. The largest absolute Gasteiger partial charge is 0.149 e. The van der Waals surface area contributed by atoms with E-state index in [0.29, 0.717) is 0 Å². The lowest BCUT2D eigenvalue weighted by Crippen LogP contribution is -1.95. The van der Waals surface area contributed by atoms with Crippen LogP contribution in [-0.2, 0) is 0 Å². The first-order chi connectivity index (χ1) is 31.8. The molecule has 2 aliphatic rings. The average molecular weight is 978 g/mol. The molecule has 0 saturated carbocycles. The van der Waals surface area contributed by atoms with E-state index in [4.69, 9.17) is 10.2 Å². The Bertz CT molecular complexity index is 1610. The van der Waals surface area contributed by atoms with Crippen molar-refractivity contribution >= 4 is 70.6 Å². The number of fused-ring (bicyclic) bond motifs is 1. The SMILES string of the molecule is CCCCCCCCCCCCCCCCCCSC1=C(SCCCCCCCCCCCCCCCCCC)SC(=C2Sc3c(-c4ccccc4)nnc(-c4ccccc4)c3S2)S1. The molecule has 0 atom stereocenters. The van der Waals surface area contributed by atoms with Gasteiger partial charge in [0.25, 0.3) is 0 Å². The molecule has 0 saturated heterocycles. The van der Waals surface area contributed by atoms with Gasteiger partial charge in [-0.2, -0.15) is 0 Å². The predicted molar refractivity (Wildman–Crippen MR) is 298 cm³/mol. The van der Waals surface area contributed by atoms with Crippen LogP contribution in [0.3, 0.4) is 0 Å². The van der Waals surface area contributed by atoms with Gasteiger partial charge in [-0.1, -0.05) is 314 Å². The highest BCUT2D eigenvalue weighted by atomic mass is 32.3. The molecule has 64 heavy (non-hydrogen) atoms. The van der Waals surface area contributed by atoms with Gasteiger partial charge in [0.1, 0.15) is 11.4 Å². The van der Waals surface area contributed by atoms with Crippen LogP contribution in [0.5, 0.6) is 0 Å². The number of hydrogen-bond acceptors (Lipinski definition) is 8. The van der Waals surface area contributed by atoms with E-state index in [-0.39, 0.29) is 0 Å². The van der Waals surface area contributed by atoms with Gasteiger partial charge in [-0.25, -0.2) is 0 Å². The van der Waals surface area contributed by atoms with Crippen LogP contribution in [0.1, 0.15) is 219 Å². The van der Waals surface area contributed by atoms with Crippen molar-refractivity contribution in [1.29, 1.82) is 0 Å². The minimum Gasteiger partial charge on any atom is -0.149 e. The maximum absolute atomic E-state index is 4.87. The quantitative estimate of drug-likeness (QED) is 0.0524. The average Bonchev–Trinajstić information content (AvgIpc) is 3.96. The zero-order valence-corrected chi connectivity index (χ0v) is 45.1. The van der Waals surface area contributed by atoms with Crippen molar-refractivity contribution in [1.82, 2.24) is 10.2 Å². The van der Waals surface area contributed by atoms with Crippen molar-refractivity contribution in [2.24, 2.45) is 0 Å². The van der Waals surface area contributed by atoms with Crippen LogP contribution in [0.4, 0.5) is 0 Å². The third kappa shape index (κ3) is 21.2. The molecule has 3 aromatic rings. The molecule has 354 valence electrons. The molecular formula is C56H84N2S6. The molecular weight excluding hydrogens is 893 g/mol. The molecule has 0 aliphatic carbocycles. The summed E-state index contributed by atoms with van der Waals surface area (Å²) in [6.07, 6.45) is 45.6. The molecule has 0 fully saturated rings. The van der Waals surface area contributed by atoms with Gasteiger partial charge in [0, 0.05) is 11.1 Å². The van der Waals surface area contributed by atoms with Gasteiger partial charge in [-0.05, 0) is 24.3 Å². The van der Waals surface area contributed by atoms with Crippen molar-refractivity contribution in [3.05, 3.63) is 77.6 Å². The number of unbranched alkanes of at least 4 members (excludes halogenated alkanes) is 30. The number of aromatic nitrogens is 2. The fourth-order valence-electron chi connectivity index (χ4n) is 8.62. The summed E-state index contributed by atoms with van der Waals surface area (Å²) in [5, 5.41) is 9.73. The lowest BCUT2D eigenvalue weighted by Gasteiger charge is -2.09. The van der Waals surface area contributed by atoms with Gasteiger partial charge in [0.15, 0.2) is 0 Å². The molecule has 1 aromatic heterocycles. The summed E-state index contributed by atoms with van der Waals surface area (Å²) in [5.41, 5.74) is 4.28. The molecule has 2 aliphatic heterocycles. The molecule has 5 rings (SSSR count). The van der Waals surface area contributed by atoms with Crippen LogP contribution in [-0.4, -0.2) is 21.7 Å². The number of benzene rings is 2. The van der Waals surface area contributed by atoms with Gasteiger partial charge in [-0.15, -0.1) is 33.7 Å². The summed E-state index contributed by atoms with van der Waals surface area (Å²) >= 11 is 12.2. The molecule has 3 heterocycles. The van der Waals surface area contributed by atoms with E-state index in [2.05, 4.69) is 98.0 Å². The summed E-state index contributed by atoms with van der Waals surface area (Å²) in [4.78, 5) is 2.51. The van der Waals surface area contributed by atoms with E-state index in [1.54, 1.807) is 8.47 Å². The molecule has 0 amide bonds. The van der Waals surface area contributed by atoms with E-state index >= 15 is 0 Å². The molecule has 2 nitrogen and oxygen atoms in total. The van der Waals surface area contributed by atoms with Crippen molar-refractivity contribution in [2.45, 2.75) is 229 Å². The van der Waals surface area contributed by atoms with E-state index in [0.717, 1.165) is 22.5 Å². The molecule has 0 unspecified atom stereocenters. The first kappa shape index (κ1) is 54.0. The molecule has 0 bridgehead atoms. The summed E-state index contributed by atoms with van der Waals surface area (Å²) in [7, 11) is 0. The highest BCUT2D eigenvalue weighted by Gasteiger charge is 2.33. The number of rotatable bonds is 38. The van der Waals surface area contributed by atoms with Gasteiger partial charge in [0.05, 0.1) is 26.7 Å².